The normalized spacial score (nSPS) is 21.8. The predicted molar refractivity (Wildman–Crippen MR) is 88.3 cm³/mol. The molecule has 1 aliphatic carbocycles. The fraction of sp³-hybridized carbons (Fsp3) is 0.529. The van der Waals surface area contributed by atoms with Gasteiger partial charge in [0.15, 0.2) is 15.3 Å². The van der Waals surface area contributed by atoms with E-state index in [0.717, 1.165) is 11.8 Å². The van der Waals surface area contributed by atoms with E-state index in [0.29, 0.717) is 5.56 Å². The Morgan fingerprint density at radius 1 is 1.04 bits per heavy atom. The van der Waals surface area contributed by atoms with Gasteiger partial charge in [-0.15, -0.1) is 0 Å². The van der Waals surface area contributed by atoms with Crippen LogP contribution < -0.4 is 0 Å². The lowest BCUT2D eigenvalue weighted by atomic mass is 9.98. The van der Waals surface area contributed by atoms with Crippen LogP contribution in [-0.2, 0) is 28.9 Å². The van der Waals surface area contributed by atoms with Crippen molar-refractivity contribution in [3.63, 3.8) is 0 Å². The van der Waals surface area contributed by atoms with Gasteiger partial charge in [0, 0.05) is 12.2 Å². The summed E-state index contributed by atoms with van der Waals surface area (Å²) >= 11 is 0. The summed E-state index contributed by atoms with van der Waals surface area (Å²) in [6.45, 7) is 5.22. The lowest BCUT2D eigenvalue weighted by Gasteiger charge is -2.15. The summed E-state index contributed by atoms with van der Waals surface area (Å²) in [4.78, 5) is 25.1. The number of carbonyl (C=O) groups is 2. The largest absolute Gasteiger partial charge is 0.465 e. The molecule has 132 valence electrons. The molecule has 0 saturated heterocycles. The maximum absolute atomic E-state index is 12.6. The van der Waals surface area contributed by atoms with E-state index in [4.69, 9.17) is 9.47 Å². The first kappa shape index (κ1) is 18.4. The third-order valence-corrected chi connectivity index (χ3v) is 5.82. The lowest BCUT2D eigenvalue weighted by molar-refractivity contribution is -0.164. The molecule has 0 amide bonds. The maximum atomic E-state index is 12.6. The van der Waals surface area contributed by atoms with E-state index in [1.165, 1.54) is 0 Å². The second-order valence-corrected chi connectivity index (χ2v) is 8.12. The molecule has 0 radical (unpaired) electrons. The Kier molecular flexibility index (Phi) is 5.03. The molecule has 2 rings (SSSR count). The minimum Gasteiger partial charge on any atom is -0.465 e. The van der Waals surface area contributed by atoms with Crippen LogP contribution in [0, 0.1) is 12.3 Å². The fourth-order valence-corrected chi connectivity index (χ4v) is 5.03. The summed E-state index contributed by atoms with van der Waals surface area (Å²) in [6.07, 6.45) is 1.03. The van der Waals surface area contributed by atoms with Crippen LogP contribution in [0.3, 0.4) is 0 Å². The highest BCUT2D eigenvalue weighted by Crippen LogP contribution is 2.64. The monoisotopic (exact) mass is 354 g/mol. The van der Waals surface area contributed by atoms with Crippen LogP contribution in [0.2, 0.25) is 0 Å². The van der Waals surface area contributed by atoms with Gasteiger partial charge in [-0.3, -0.25) is 9.59 Å². The van der Waals surface area contributed by atoms with Crippen LogP contribution in [0.25, 0.3) is 0 Å². The van der Waals surface area contributed by atoms with Crippen molar-refractivity contribution in [2.45, 2.75) is 31.9 Å². The standard InChI is InChI=1S/C17H22O6S/c1-5-22-15(18)17(16(19)23-6-2)13(14(17)24(4,20)21)12-9-7-11(3)8-10-12/h7-10,13-14H,5-6H2,1-4H3/t13-,14+/m0/s1. The summed E-state index contributed by atoms with van der Waals surface area (Å²) in [5.41, 5.74) is -0.222. The first-order valence-electron chi connectivity index (χ1n) is 7.81. The zero-order valence-corrected chi connectivity index (χ0v) is 15.1. The number of rotatable bonds is 6. The van der Waals surface area contributed by atoms with Crippen molar-refractivity contribution in [2.75, 3.05) is 19.5 Å². The molecule has 1 aromatic carbocycles. The Balaban J connectivity index is 2.58. The van der Waals surface area contributed by atoms with Gasteiger partial charge in [-0.05, 0) is 26.3 Å². The van der Waals surface area contributed by atoms with Gasteiger partial charge in [-0.1, -0.05) is 29.8 Å². The molecular weight excluding hydrogens is 332 g/mol. The second kappa shape index (κ2) is 6.55. The highest BCUT2D eigenvalue weighted by molar-refractivity contribution is 7.91. The number of hydrogen-bond donors (Lipinski definition) is 0. The average molecular weight is 354 g/mol. The number of hydrogen-bond acceptors (Lipinski definition) is 6. The van der Waals surface area contributed by atoms with Gasteiger partial charge >= 0.3 is 11.9 Å². The first-order chi connectivity index (χ1) is 11.2. The SMILES string of the molecule is CCOC(=O)C1(C(=O)OCC)[C@H](S(C)(=O)=O)[C@@H]1c1ccc(C)cc1. The molecule has 2 atom stereocenters. The van der Waals surface area contributed by atoms with Crippen LogP contribution in [0.15, 0.2) is 24.3 Å². The van der Waals surface area contributed by atoms with Crippen molar-refractivity contribution in [2.24, 2.45) is 5.41 Å². The van der Waals surface area contributed by atoms with Crippen LogP contribution >= 0.6 is 0 Å². The minimum atomic E-state index is -3.67. The van der Waals surface area contributed by atoms with E-state index in [1.807, 2.05) is 19.1 Å². The maximum Gasteiger partial charge on any atom is 0.325 e. The van der Waals surface area contributed by atoms with Crippen molar-refractivity contribution in [3.05, 3.63) is 35.4 Å². The van der Waals surface area contributed by atoms with Crippen LogP contribution in [-0.4, -0.2) is 45.1 Å². The predicted octanol–water partition coefficient (Wildman–Crippen LogP) is 1.62. The first-order valence-corrected chi connectivity index (χ1v) is 9.76. The van der Waals surface area contributed by atoms with Gasteiger partial charge in [-0.2, -0.15) is 0 Å². The second-order valence-electron chi connectivity index (χ2n) is 5.95. The molecule has 0 aliphatic heterocycles. The zero-order chi connectivity index (χ0) is 18.1. The number of esters is 2. The molecule has 1 aliphatic rings. The molecule has 1 fully saturated rings. The molecule has 0 heterocycles. The molecule has 24 heavy (non-hydrogen) atoms. The molecule has 6 nitrogen and oxygen atoms in total. The summed E-state index contributed by atoms with van der Waals surface area (Å²) in [5.74, 6) is -2.49. The molecule has 0 spiro atoms. The summed E-state index contributed by atoms with van der Waals surface area (Å²) in [5, 5.41) is -1.18. The minimum absolute atomic E-state index is 0.0527. The average Bonchev–Trinajstić information content (AvgIpc) is 3.20. The molecule has 7 heteroatoms. The summed E-state index contributed by atoms with van der Waals surface area (Å²) in [6, 6.07) is 7.10. The topological polar surface area (TPSA) is 86.7 Å². The number of sulfone groups is 1. The highest BCUT2D eigenvalue weighted by Gasteiger charge is 2.80. The van der Waals surface area contributed by atoms with Gasteiger partial charge in [-0.25, -0.2) is 8.42 Å². The summed E-state index contributed by atoms with van der Waals surface area (Å²) < 4.78 is 34.6. The Labute approximate surface area is 142 Å². The van der Waals surface area contributed by atoms with E-state index >= 15 is 0 Å². The highest BCUT2D eigenvalue weighted by atomic mass is 32.2. The molecule has 1 saturated carbocycles. The van der Waals surface area contributed by atoms with Crippen LogP contribution in [0.5, 0.6) is 0 Å². The Bertz CT molecular complexity index is 717. The molecular formula is C17H22O6S. The molecule has 0 bridgehead atoms. The van der Waals surface area contributed by atoms with Crippen molar-refractivity contribution >= 4 is 21.8 Å². The molecule has 1 aromatic rings. The fourth-order valence-electron chi connectivity index (χ4n) is 3.22. The smallest absolute Gasteiger partial charge is 0.325 e. The van der Waals surface area contributed by atoms with E-state index in [2.05, 4.69) is 0 Å². The molecule has 0 aromatic heterocycles. The van der Waals surface area contributed by atoms with Gasteiger partial charge < -0.3 is 9.47 Å². The number of carbonyl (C=O) groups excluding carboxylic acids is 2. The molecule has 0 unspecified atom stereocenters. The Hall–Kier alpha value is -1.89. The Morgan fingerprint density at radius 2 is 1.50 bits per heavy atom. The third kappa shape index (κ3) is 2.92. The number of benzene rings is 1. The van der Waals surface area contributed by atoms with Crippen molar-refractivity contribution in [1.29, 1.82) is 0 Å². The van der Waals surface area contributed by atoms with E-state index in [-0.39, 0.29) is 13.2 Å². The van der Waals surface area contributed by atoms with Crippen molar-refractivity contribution in [3.8, 4) is 0 Å². The quantitative estimate of drug-likeness (QED) is 0.570. The van der Waals surface area contributed by atoms with Crippen LogP contribution in [0.4, 0.5) is 0 Å². The zero-order valence-electron chi connectivity index (χ0n) is 14.2. The van der Waals surface area contributed by atoms with Gasteiger partial charge in [0.25, 0.3) is 0 Å². The van der Waals surface area contributed by atoms with Crippen molar-refractivity contribution < 1.29 is 27.5 Å². The van der Waals surface area contributed by atoms with E-state index in [1.54, 1.807) is 26.0 Å². The molecule has 0 N–H and O–H groups in total. The van der Waals surface area contributed by atoms with Crippen LogP contribution in [0.1, 0.15) is 30.9 Å². The van der Waals surface area contributed by atoms with Gasteiger partial charge in [0.2, 0.25) is 0 Å². The number of ether oxygens (including phenoxy) is 2. The summed E-state index contributed by atoms with van der Waals surface area (Å²) in [7, 11) is -3.67. The third-order valence-electron chi connectivity index (χ3n) is 4.26. The van der Waals surface area contributed by atoms with Crippen molar-refractivity contribution in [1.82, 2.24) is 0 Å². The lowest BCUT2D eigenvalue weighted by Crippen LogP contribution is -2.35. The Morgan fingerprint density at radius 3 is 1.88 bits per heavy atom. The van der Waals surface area contributed by atoms with Gasteiger partial charge in [0.1, 0.15) is 0 Å². The van der Waals surface area contributed by atoms with Gasteiger partial charge in [0.05, 0.1) is 18.5 Å². The number of aryl methyl sites for hydroxylation is 1. The van der Waals surface area contributed by atoms with E-state index in [9.17, 15) is 18.0 Å². The van der Waals surface area contributed by atoms with E-state index < -0.39 is 38.4 Å².